The first-order chi connectivity index (χ1) is 15.8. The van der Waals surface area contributed by atoms with Crippen LogP contribution >= 0.6 is 0 Å². The minimum Gasteiger partial charge on any atom is -0.353 e. The van der Waals surface area contributed by atoms with Crippen molar-refractivity contribution in [2.75, 3.05) is 26.7 Å². The van der Waals surface area contributed by atoms with E-state index in [0.29, 0.717) is 32.5 Å². The molecule has 0 spiro atoms. The summed E-state index contributed by atoms with van der Waals surface area (Å²) < 4.78 is 0. The number of hydrogen-bond donors (Lipinski definition) is 1. The lowest BCUT2D eigenvalue weighted by Gasteiger charge is -2.30. The maximum Gasteiger partial charge on any atom is 0.228 e. The first-order valence-electron chi connectivity index (χ1n) is 11.8. The molecular weight excluding hydrogens is 414 g/mol. The Morgan fingerprint density at radius 1 is 1.09 bits per heavy atom. The molecule has 2 fully saturated rings. The lowest BCUT2D eigenvalue weighted by atomic mass is 9.78. The van der Waals surface area contributed by atoms with Crippen molar-refractivity contribution < 1.29 is 14.4 Å². The lowest BCUT2D eigenvalue weighted by Crippen LogP contribution is -2.48. The van der Waals surface area contributed by atoms with Gasteiger partial charge in [0, 0.05) is 39.1 Å². The third kappa shape index (κ3) is 4.80. The summed E-state index contributed by atoms with van der Waals surface area (Å²) in [5, 5.41) is 3.11. The predicted octanol–water partition coefficient (Wildman–Crippen LogP) is 3.12. The van der Waals surface area contributed by atoms with Crippen LogP contribution in [-0.2, 0) is 20.8 Å². The molecule has 0 saturated carbocycles. The molecule has 4 rings (SSSR count). The molecule has 174 valence electrons. The molecule has 0 aliphatic carbocycles. The van der Waals surface area contributed by atoms with Gasteiger partial charge < -0.3 is 15.1 Å². The summed E-state index contributed by atoms with van der Waals surface area (Å²) in [4.78, 5) is 42.1. The van der Waals surface area contributed by atoms with Gasteiger partial charge in [-0.3, -0.25) is 14.4 Å². The summed E-state index contributed by atoms with van der Waals surface area (Å²) in [6.45, 7) is 5.28. The average molecular weight is 448 g/mol. The second-order valence-corrected chi connectivity index (χ2v) is 9.79. The van der Waals surface area contributed by atoms with E-state index in [-0.39, 0.29) is 36.1 Å². The molecule has 0 radical (unpaired) electrons. The summed E-state index contributed by atoms with van der Waals surface area (Å²) in [6, 6.07) is 18.4. The average Bonchev–Trinajstić information content (AvgIpc) is 3.38. The number of carbonyl (C=O) groups excluding carboxylic acids is 3. The Bertz CT molecular complexity index is 1040. The first kappa shape index (κ1) is 23.0. The molecule has 1 N–H and O–H groups in total. The quantitative estimate of drug-likeness (QED) is 0.740. The van der Waals surface area contributed by atoms with Crippen molar-refractivity contribution in [1.29, 1.82) is 0 Å². The lowest BCUT2D eigenvalue weighted by molar-refractivity contribution is -0.136. The zero-order valence-electron chi connectivity index (χ0n) is 19.7. The zero-order chi connectivity index (χ0) is 23.6. The summed E-state index contributed by atoms with van der Waals surface area (Å²) in [5.41, 5.74) is 2.64. The molecule has 2 aromatic carbocycles. The van der Waals surface area contributed by atoms with Gasteiger partial charge in [0.25, 0.3) is 0 Å². The molecule has 0 unspecified atom stereocenters. The van der Waals surface area contributed by atoms with E-state index in [1.165, 1.54) is 0 Å². The molecule has 2 aliphatic heterocycles. The van der Waals surface area contributed by atoms with E-state index in [1.54, 1.807) is 11.9 Å². The molecule has 2 atom stereocenters. The number of nitrogens with one attached hydrogen (secondary N) is 1. The predicted molar refractivity (Wildman–Crippen MR) is 128 cm³/mol. The van der Waals surface area contributed by atoms with Gasteiger partial charge in [0.2, 0.25) is 17.7 Å². The van der Waals surface area contributed by atoms with Crippen molar-refractivity contribution in [2.45, 2.75) is 39.2 Å². The maximum atomic E-state index is 13.5. The van der Waals surface area contributed by atoms with Gasteiger partial charge in [-0.15, -0.1) is 0 Å². The second-order valence-electron chi connectivity index (χ2n) is 9.79. The van der Waals surface area contributed by atoms with Crippen molar-refractivity contribution in [2.24, 2.45) is 11.3 Å². The summed E-state index contributed by atoms with van der Waals surface area (Å²) in [6.07, 6.45) is 1.43. The molecular formula is C27H33N3O3. The van der Waals surface area contributed by atoms with Crippen molar-refractivity contribution in [3.05, 3.63) is 60.2 Å². The van der Waals surface area contributed by atoms with Gasteiger partial charge >= 0.3 is 0 Å². The third-order valence-electron chi connectivity index (χ3n) is 6.89. The largest absolute Gasteiger partial charge is 0.353 e. The Balaban J connectivity index is 1.62. The van der Waals surface area contributed by atoms with Gasteiger partial charge in [-0.25, -0.2) is 0 Å². The van der Waals surface area contributed by atoms with E-state index in [1.807, 2.05) is 49.1 Å². The molecule has 6 heteroatoms. The van der Waals surface area contributed by atoms with Crippen LogP contribution in [0.2, 0.25) is 0 Å². The molecule has 0 aromatic heterocycles. The van der Waals surface area contributed by atoms with Gasteiger partial charge in [0.05, 0.1) is 11.3 Å². The van der Waals surface area contributed by atoms with Crippen LogP contribution in [-0.4, -0.2) is 60.2 Å². The molecule has 2 aromatic rings. The molecule has 2 heterocycles. The van der Waals surface area contributed by atoms with Crippen molar-refractivity contribution in [3.8, 4) is 11.1 Å². The topological polar surface area (TPSA) is 69.7 Å². The number of benzene rings is 2. The van der Waals surface area contributed by atoms with E-state index in [0.717, 1.165) is 16.7 Å². The van der Waals surface area contributed by atoms with E-state index in [9.17, 15) is 14.4 Å². The van der Waals surface area contributed by atoms with E-state index in [4.69, 9.17) is 0 Å². The third-order valence-corrected chi connectivity index (χ3v) is 6.89. The summed E-state index contributed by atoms with van der Waals surface area (Å²) >= 11 is 0. The fourth-order valence-electron chi connectivity index (χ4n) is 5.11. The fraction of sp³-hybridized carbons (Fsp3) is 0.444. The van der Waals surface area contributed by atoms with Gasteiger partial charge in [-0.1, -0.05) is 54.6 Å². The number of nitrogens with zero attached hydrogens (tertiary/aromatic N) is 2. The van der Waals surface area contributed by atoms with Gasteiger partial charge in [-0.2, -0.15) is 0 Å². The van der Waals surface area contributed by atoms with Crippen LogP contribution in [0.4, 0.5) is 0 Å². The zero-order valence-corrected chi connectivity index (χ0v) is 19.7. The van der Waals surface area contributed by atoms with Crippen LogP contribution < -0.4 is 5.32 Å². The SMILES string of the molecule is CC(C)NC(=O)[C@@]1(Cc2ccccc2-c2ccccc2)CCN(C(=O)[C@@H]2CC(=O)N(C)C2)C1. The normalized spacial score (nSPS) is 22.8. The Morgan fingerprint density at radius 3 is 2.45 bits per heavy atom. The molecule has 33 heavy (non-hydrogen) atoms. The van der Waals surface area contributed by atoms with E-state index in [2.05, 4.69) is 29.6 Å². The number of likely N-dealkylation sites (tertiary alicyclic amines) is 2. The molecule has 6 nitrogen and oxygen atoms in total. The van der Waals surface area contributed by atoms with Crippen LogP contribution in [0, 0.1) is 11.3 Å². The van der Waals surface area contributed by atoms with Crippen LogP contribution in [0.3, 0.4) is 0 Å². The summed E-state index contributed by atoms with van der Waals surface area (Å²) in [7, 11) is 1.74. The Morgan fingerprint density at radius 2 is 1.79 bits per heavy atom. The van der Waals surface area contributed by atoms with E-state index >= 15 is 0 Å². The summed E-state index contributed by atoms with van der Waals surface area (Å²) in [5.74, 6) is -0.324. The Hall–Kier alpha value is -3.15. The minimum absolute atomic E-state index is 0.00437. The number of rotatable bonds is 6. The number of amides is 3. The van der Waals surface area contributed by atoms with Crippen molar-refractivity contribution >= 4 is 17.7 Å². The van der Waals surface area contributed by atoms with Gasteiger partial charge in [0.15, 0.2) is 0 Å². The molecule has 2 aliphatic rings. The fourth-order valence-corrected chi connectivity index (χ4v) is 5.11. The minimum atomic E-state index is -0.695. The van der Waals surface area contributed by atoms with Crippen molar-refractivity contribution in [3.63, 3.8) is 0 Å². The molecule has 2 saturated heterocycles. The van der Waals surface area contributed by atoms with Crippen LogP contribution in [0.25, 0.3) is 11.1 Å². The highest BCUT2D eigenvalue weighted by molar-refractivity contribution is 5.91. The van der Waals surface area contributed by atoms with Gasteiger partial charge in [-0.05, 0) is 43.4 Å². The highest BCUT2D eigenvalue weighted by Gasteiger charge is 2.48. The smallest absolute Gasteiger partial charge is 0.228 e. The maximum absolute atomic E-state index is 13.5. The van der Waals surface area contributed by atoms with Crippen LogP contribution in [0.1, 0.15) is 32.3 Å². The molecule has 0 bridgehead atoms. The van der Waals surface area contributed by atoms with Gasteiger partial charge in [0.1, 0.15) is 0 Å². The Labute approximate surface area is 196 Å². The van der Waals surface area contributed by atoms with Crippen molar-refractivity contribution in [1.82, 2.24) is 15.1 Å². The highest BCUT2D eigenvalue weighted by Crippen LogP contribution is 2.38. The second kappa shape index (κ2) is 9.38. The number of hydrogen-bond acceptors (Lipinski definition) is 3. The molecule has 3 amide bonds. The standard InChI is InChI=1S/C27H33N3O3/c1-19(2)28-26(33)27(13-14-30(18-27)25(32)22-15-24(31)29(3)17-22)16-21-11-7-8-12-23(21)20-9-5-4-6-10-20/h4-12,19,22H,13-18H2,1-3H3,(H,28,33)/t22-,27-/m1/s1. The highest BCUT2D eigenvalue weighted by atomic mass is 16.2. The first-order valence-corrected chi connectivity index (χ1v) is 11.8. The number of carbonyl (C=O) groups is 3. The monoisotopic (exact) mass is 447 g/mol. The Kier molecular flexibility index (Phi) is 6.54. The van der Waals surface area contributed by atoms with E-state index < -0.39 is 5.41 Å². The van der Waals surface area contributed by atoms with Crippen LogP contribution in [0.5, 0.6) is 0 Å². The van der Waals surface area contributed by atoms with Crippen LogP contribution in [0.15, 0.2) is 54.6 Å².